The van der Waals surface area contributed by atoms with E-state index in [1.807, 2.05) is 12.1 Å². The van der Waals surface area contributed by atoms with Gasteiger partial charge < -0.3 is 19.3 Å². The summed E-state index contributed by atoms with van der Waals surface area (Å²) in [6.07, 6.45) is 0.313. The quantitative estimate of drug-likeness (QED) is 0.409. The minimum absolute atomic E-state index is 0.108. The number of methoxy groups -OCH3 is 2. The highest BCUT2D eigenvalue weighted by atomic mass is 35.5. The second kappa shape index (κ2) is 9.56. The zero-order valence-corrected chi connectivity index (χ0v) is 19.8. The number of aryl methyl sites for hydroxylation is 1. The number of fused-ring (bicyclic) bond motifs is 1. The van der Waals surface area contributed by atoms with Crippen LogP contribution in [0.3, 0.4) is 0 Å². The molecule has 0 bridgehead atoms. The predicted molar refractivity (Wildman–Crippen MR) is 129 cm³/mol. The van der Waals surface area contributed by atoms with Crippen molar-refractivity contribution >= 4 is 34.1 Å². The molecule has 0 unspecified atom stereocenters. The van der Waals surface area contributed by atoms with Crippen molar-refractivity contribution in [2.24, 2.45) is 0 Å². The van der Waals surface area contributed by atoms with Crippen LogP contribution < -0.4 is 20.3 Å². The molecule has 0 aliphatic heterocycles. The maximum absolute atomic E-state index is 13.3. The zero-order valence-electron chi connectivity index (χ0n) is 19.1. The molecule has 1 atom stereocenters. The number of rotatable bonds is 7. The number of halogens is 1. The lowest BCUT2D eigenvalue weighted by atomic mass is 10.1. The van der Waals surface area contributed by atoms with Gasteiger partial charge in [0.25, 0.3) is 5.56 Å². The van der Waals surface area contributed by atoms with Gasteiger partial charge in [0.05, 0.1) is 24.6 Å². The number of hydrogen-bond acceptors (Lipinski definition) is 7. The first-order chi connectivity index (χ1) is 16.4. The Morgan fingerprint density at radius 2 is 1.91 bits per heavy atom. The van der Waals surface area contributed by atoms with Crippen molar-refractivity contribution in [3.05, 3.63) is 63.6 Å². The third-order valence-corrected chi connectivity index (χ3v) is 5.78. The van der Waals surface area contributed by atoms with Crippen LogP contribution in [0.2, 0.25) is 5.02 Å². The van der Waals surface area contributed by atoms with Crippen molar-refractivity contribution in [1.82, 2.24) is 14.9 Å². The molecule has 0 saturated heterocycles. The molecule has 2 heterocycles. The highest BCUT2D eigenvalue weighted by Gasteiger charge is 2.26. The van der Waals surface area contributed by atoms with Gasteiger partial charge >= 0.3 is 0 Å². The van der Waals surface area contributed by atoms with Gasteiger partial charge in [-0.15, -0.1) is 0 Å². The fourth-order valence-corrected chi connectivity index (χ4v) is 3.97. The molecule has 0 spiro atoms. The molecular formula is C24H23ClN4O5. The van der Waals surface area contributed by atoms with Crippen molar-refractivity contribution in [1.29, 1.82) is 0 Å². The lowest BCUT2D eigenvalue weighted by Gasteiger charge is -2.18. The molecular weight excluding hydrogens is 460 g/mol. The smallest absolute Gasteiger partial charge is 0.297 e. The highest BCUT2D eigenvalue weighted by Crippen LogP contribution is 2.30. The molecule has 9 nitrogen and oxygen atoms in total. The molecule has 2 aromatic heterocycles. The van der Waals surface area contributed by atoms with E-state index in [1.165, 1.54) is 7.11 Å². The molecule has 1 amide bonds. The summed E-state index contributed by atoms with van der Waals surface area (Å²) in [5.41, 5.74) is 1.27. The SMILES string of the molecule is CC[C@H](C(=O)Nc1ccc(OC)c(Cl)c1)n1nc(-c2ccc(OC)cc2)c2c(C)onc2c1=O. The number of benzene rings is 2. The maximum atomic E-state index is 13.3. The van der Waals surface area contributed by atoms with Crippen LogP contribution >= 0.6 is 11.6 Å². The number of hydrogen-bond donors (Lipinski definition) is 1. The standard InChI is InChI=1S/C24H23ClN4O5/c1-5-18(23(30)26-15-8-11-19(33-4)17(25)12-15)29-24(31)22-20(13(2)34-28-22)21(27-29)14-6-9-16(32-3)10-7-14/h6-12,18H,5H2,1-4H3,(H,26,30)/t18-/m1/s1. The Hall–Kier alpha value is -3.85. The number of carbonyl (C=O) groups is 1. The molecule has 10 heteroatoms. The Balaban J connectivity index is 1.78. The van der Waals surface area contributed by atoms with Crippen molar-refractivity contribution in [2.75, 3.05) is 19.5 Å². The monoisotopic (exact) mass is 482 g/mol. The van der Waals surface area contributed by atoms with Crippen molar-refractivity contribution in [3.8, 4) is 22.8 Å². The van der Waals surface area contributed by atoms with Crippen LogP contribution in [0, 0.1) is 6.92 Å². The maximum Gasteiger partial charge on any atom is 0.297 e. The number of ether oxygens (including phenoxy) is 2. The van der Waals surface area contributed by atoms with Crippen LogP contribution in [-0.2, 0) is 4.79 Å². The number of nitrogens with zero attached hydrogens (tertiary/aromatic N) is 3. The first-order valence-corrected chi connectivity index (χ1v) is 10.9. The summed E-state index contributed by atoms with van der Waals surface area (Å²) in [7, 11) is 3.09. The van der Waals surface area contributed by atoms with Gasteiger partial charge in [0.2, 0.25) is 5.91 Å². The van der Waals surface area contributed by atoms with Gasteiger partial charge in [-0.25, -0.2) is 4.68 Å². The Kier molecular flexibility index (Phi) is 6.56. The molecule has 0 aliphatic carbocycles. The normalized spacial score (nSPS) is 11.9. The van der Waals surface area contributed by atoms with E-state index in [4.69, 9.17) is 25.6 Å². The average molecular weight is 483 g/mol. The van der Waals surface area contributed by atoms with Crippen LogP contribution in [-0.4, -0.2) is 35.1 Å². The lowest BCUT2D eigenvalue weighted by molar-refractivity contribution is -0.119. The molecule has 4 rings (SSSR count). The largest absolute Gasteiger partial charge is 0.497 e. The third kappa shape index (κ3) is 4.22. The summed E-state index contributed by atoms with van der Waals surface area (Å²) in [5, 5.41) is 12.2. The first-order valence-electron chi connectivity index (χ1n) is 10.6. The van der Waals surface area contributed by atoms with Crippen LogP contribution in [0.15, 0.2) is 51.8 Å². The third-order valence-electron chi connectivity index (χ3n) is 5.49. The van der Waals surface area contributed by atoms with E-state index in [0.717, 1.165) is 10.2 Å². The molecule has 4 aromatic rings. The summed E-state index contributed by atoms with van der Waals surface area (Å²) in [5.74, 6) is 1.21. The van der Waals surface area contributed by atoms with Crippen LogP contribution in [0.25, 0.3) is 22.2 Å². The summed E-state index contributed by atoms with van der Waals surface area (Å²) in [6.45, 7) is 3.51. The minimum Gasteiger partial charge on any atom is -0.497 e. The highest BCUT2D eigenvalue weighted by molar-refractivity contribution is 6.32. The van der Waals surface area contributed by atoms with E-state index in [1.54, 1.807) is 51.3 Å². The van der Waals surface area contributed by atoms with E-state index in [-0.39, 0.29) is 5.52 Å². The topological polar surface area (TPSA) is 108 Å². The number of carbonyl (C=O) groups excluding carboxylic acids is 1. The fourth-order valence-electron chi connectivity index (χ4n) is 3.71. The molecule has 0 aliphatic rings. The number of anilines is 1. The fraction of sp³-hybridized carbons (Fsp3) is 0.250. The van der Waals surface area contributed by atoms with Gasteiger partial charge in [-0.1, -0.05) is 23.7 Å². The van der Waals surface area contributed by atoms with E-state index in [0.29, 0.717) is 45.5 Å². The van der Waals surface area contributed by atoms with E-state index in [9.17, 15) is 9.59 Å². The Bertz CT molecular complexity index is 1410. The van der Waals surface area contributed by atoms with Gasteiger partial charge in [0, 0.05) is 11.3 Å². The van der Waals surface area contributed by atoms with Crippen LogP contribution in [0.4, 0.5) is 5.69 Å². The van der Waals surface area contributed by atoms with Crippen LogP contribution in [0.5, 0.6) is 11.5 Å². The number of amides is 1. The van der Waals surface area contributed by atoms with Crippen molar-refractivity contribution < 1.29 is 18.8 Å². The predicted octanol–water partition coefficient (Wildman–Crippen LogP) is 4.62. The van der Waals surface area contributed by atoms with E-state index >= 15 is 0 Å². The van der Waals surface area contributed by atoms with Crippen molar-refractivity contribution in [3.63, 3.8) is 0 Å². The van der Waals surface area contributed by atoms with Gasteiger partial charge in [0.15, 0.2) is 5.52 Å². The summed E-state index contributed by atoms with van der Waals surface area (Å²) in [4.78, 5) is 26.5. The lowest BCUT2D eigenvalue weighted by Crippen LogP contribution is -2.35. The summed E-state index contributed by atoms with van der Waals surface area (Å²) < 4.78 is 16.8. The van der Waals surface area contributed by atoms with Gasteiger partial charge in [0.1, 0.15) is 29.0 Å². The Morgan fingerprint density at radius 3 is 2.53 bits per heavy atom. The van der Waals surface area contributed by atoms with Gasteiger partial charge in [-0.05, 0) is 55.8 Å². The van der Waals surface area contributed by atoms with E-state index in [2.05, 4.69) is 15.6 Å². The second-order valence-corrected chi connectivity index (χ2v) is 7.96. The van der Waals surface area contributed by atoms with Crippen LogP contribution in [0.1, 0.15) is 25.1 Å². The number of aromatic nitrogens is 3. The summed E-state index contributed by atoms with van der Waals surface area (Å²) >= 11 is 6.18. The second-order valence-electron chi connectivity index (χ2n) is 7.55. The van der Waals surface area contributed by atoms with E-state index < -0.39 is 17.5 Å². The molecule has 2 aromatic carbocycles. The average Bonchev–Trinajstić information content (AvgIpc) is 3.23. The molecule has 0 fully saturated rings. The number of nitrogens with one attached hydrogen (secondary N) is 1. The Morgan fingerprint density at radius 1 is 1.18 bits per heavy atom. The minimum atomic E-state index is -0.896. The molecule has 1 N–H and O–H groups in total. The summed E-state index contributed by atoms with van der Waals surface area (Å²) in [6, 6.07) is 11.2. The molecule has 34 heavy (non-hydrogen) atoms. The Labute approximate surface area is 200 Å². The van der Waals surface area contributed by atoms with Crippen molar-refractivity contribution in [2.45, 2.75) is 26.3 Å². The molecule has 0 radical (unpaired) electrons. The molecule has 176 valence electrons. The first kappa shape index (κ1) is 23.3. The molecule has 0 saturated carbocycles. The van der Waals surface area contributed by atoms with Gasteiger partial charge in [-0.3, -0.25) is 9.59 Å². The zero-order chi connectivity index (χ0) is 24.4. The van der Waals surface area contributed by atoms with Gasteiger partial charge in [-0.2, -0.15) is 5.10 Å².